The molecule has 0 spiro atoms. The number of nitrogens with zero attached hydrogens (tertiary/aromatic N) is 4. The standard InChI is InChI=1S/C15H20FN5/c1-9-4-3-5-11(9)8-21-15(18-19-20-21)12-6-13(16)10(2)14(17)7-12/h6-7,9,11H,3-5,8,17H2,1-2H3. The van der Waals surface area contributed by atoms with Gasteiger partial charge in [-0.3, -0.25) is 0 Å². The van der Waals surface area contributed by atoms with Gasteiger partial charge in [0.1, 0.15) is 5.82 Å². The maximum Gasteiger partial charge on any atom is 0.182 e. The van der Waals surface area contributed by atoms with E-state index in [0.717, 1.165) is 6.54 Å². The molecule has 2 N–H and O–H groups in total. The van der Waals surface area contributed by atoms with Gasteiger partial charge in [0.2, 0.25) is 0 Å². The molecule has 2 atom stereocenters. The highest BCUT2D eigenvalue weighted by Crippen LogP contribution is 2.33. The Morgan fingerprint density at radius 1 is 1.38 bits per heavy atom. The Kier molecular flexibility index (Phi) is 3.61. The van der Waals surface area contributed by atoms with Crippen molar-refractivity contribution in [2.24, 2.45) is 11.8 Å². The van der Waals surface area contributed by atoms with Crippen molar-refractivity contribution in [3.63, 3.8) is 0 Å². The first-order valence-electron chi connectivity index (χ1n) is 7.38. The maximum atomic E-state index is 13.9. The van der Waals surface area contributed by atoms with Gasteiger partial charge in [-0.05, 0) is 47.7 Å². The third-order valence-electron chi connectivity index (χ3n) is 4.62. The summed E-state index contributed by atoms with van der Waals surface area (Å²) in [6.45, 7) is 4.71. The number of halogens is 1. The zero-order valence-corrected chi connectivity index (χ0v) is 12.4. The molecule has 1 heterocycles. The summed E-state index contributed by atoms with van der Waals surface area (Å²) < 4.78 is 15.6. The fourth-order valence-electron chi connectivity index (χ4n) is 3.08. The molecule has 0 bridgehead atoms. The van der Waals surface area contributed by atoms with Crippen molar-refractivity contribution in [1.29, 1.82) is 0 Å². The van der Waals surface area contributed by atoms with Crippen LogP contribution in [0.1, 0.15) is 31.7 Å². The van der Waals surface area contributed by atoms with Crippen LogP contribution < -0.4 is 5.73 Å². The van der Waals surface area contributed by atoms with Crippen LogP contribution in [-0.4, -0.2) is 20.2 Å². The van der Waals surface area contributed by atoms with Crippen LogP contribution in [0.15, 0.2) is 12.1 Å². The Morgan fingerprint density at radius 2 is 2.19 bits per heavy atom. The summed E-state index contributed by atoms with van der Waals surface area (Å²) in [5.41, 5.74) is 7.36. The fourth-order valence-corrected chi connectivity index (χ4v) is 3.08. The fraction of sp³-hybridized carbons (Fsp3) is 0.533. The first-order valence-corrected chi connectivity index (χ1v) is 7.38. The normalized spacial score (nSPS) is 21.9. The Bertz CT molecular complexity index is 628. The number of hydrogen-bond donors (Lipinski definition) is 1. The number of nitrogens with two attached hydrogens (primary N) is 1. The smallest absolute Gasteiger partial charge is 0.182 e. The van der Waals surface area contributed by atoms with E-state index in [1.54, 1.807) is 17.7 Å². The van der Waals surface area contributed by atoms with E-state index in [0.29, 0.717) is 34.5 Å². The molecule has 0 radical (unpaired) electrons. The molecule has 5 nitrogen and oxygen atoms in total. The SMILES string of the molecule is Cc1c(N)cc(-c2nnnn2CC2CCCC2C)cc1F. The maximum absolute atomic E-state index is 13.9. The number of anilines is 1. The van der Waals surface area contributed by atoms with Gasteiger partial charge in [-0.25, -0.2) is 9.07 Å². The summed E-state index contributed by atoms with van der Waals surface area (Å²) in [4.78, 5) is 0. The van der Waals surface area contributed by atoms with Gasteiger partial charge in [-0.15, -0.1) is 5.10 Å². The Balaban J connectivity index is 1.92. The topological polar surface area (TPSA) is 69.6 Å². The molecule has 21 heavy (non-hydrogen) atoms. The minimum absolute atomic E-state index is 0.325. The molecule has 6 heteroatoms. The van der Waals surface area contributed by atoms with Crippen LogP contribution in [0.4, 0.5) is 10.1 Å². The molecule has 3 rings (SSSR count). The first-order chi connectivity index (χ1) is 10.1. The second-order valence-electron chi connectivity index (χ2n) is 6.03. The van der Waals surface area contributed by atoms with Gasteiger partial charge in [0.25, 0.3) is 0 Å². The van der Waals surface area contributed by atoms with Crippen LogP contribution in [0.5, 0.6) is 0 Å². The second-order valence-corrected chi connectivity index (χ2v) is 6.03. The van der Waals surface area contributed by atoms with Crippen LogP contribution >= 0.6 is 0 Å². The molecule has 1 fully saturated rings. The molecule has 0 aliphatic heterocycles. The lowest BCUT2D eigenvalue weighted by atomic mass is 9.98. The number of aromatic nitrogens is 4. The summed E-state index contributed by atoms with van der Waals surface area (Å²) in [6.07, 6.45) is 3.72. The predicted octanol–water partition coefficient (Wildman–Crippen LogP) is 2.81. The molecule has 2 aromatic rings. The van der Waals surface area contributed by atoms with Crippen LogP contribution in [-0.2, 0) is 6.54 Å². The van der Waals surface area contributed by atoms with E-state index in [4.69, 9.17) is 5.73 Å². The minimum atomic E-state index is -0.325. The van der Waals surface area contributed by atoms with Gasteiger partial charge in [0.05, 0.1) is 0 Å². The second kappa shape index (κ2) is 5.42. The lowest BCUT2D eigenvalue weighted by Crippen LogP contribution is -2.15. The highest BCUT2D eigenvalue weighted by molar-refractivity contribution is 5.63. The highest BCUT2D eigenvalue weighted by Gasteiger charge is 2.25. The van der Waals surface area contributed by atoms with Gasteiger partial charge >= 0.3 is 0 Å². The molecule has 1 aliphatic rings. The third kappa shape index (κ3) is 2.62. The number of hydrogen-bond acceptors (Lipinski definition) is 4. The van der Waals surface area contributed by atoms with E-state index >= 15 is 0 Å². The minimum Gasteiger partial charge on any atom is -0.398 e. The van der Waals surface area contributed by atoms with Crippen molar-refractivity contribution < 1.29 is 4.39 Å². The molecule has 1 aromatic carbocycles. The molecule has 1 aromatic heterocycles. The van der Waals surface area contributed by atoms with E-state index in [2.05, 4.69) is 22.4 Å². The number of rotatable bonds is 3. The van der Waals surface area contributed by atoms with Crippen LogP contribution in [0.3, 0.4) is 0 Å². The monoisotopic (exact) mass is 289 g/mol. The molecule has 0 saturated heterocycles. The highest BCUT2D eigenvalue weighted by atomic mass is 19.1. The molecular weight excluding hydrogens is 269 g/mol. The summed E-state index contributed by atoms with van der Waals surface area (Å²) >= 11 is 0. The largest absolute Gasteiger partial charge is 0.398 e. The van der Waals surface area contributed by atoms with E-state index in [-0.39, 0.29) is 5.82 Å². The number of tetrazole rings is 1. The molecule has 0 amide bonds. The number of nitrogen functional groups attached to an aromatic ring is 1. The molecule has 1 aliphatic carbocycles. The Morgan fingerprint density at radius 3 is 2.86 bits per heavy atom. The van der Waals surface area contributed by atoms with E-state index in [1.807, 2.05) is 0 Å². The van der Waals surface area contributed by atoms with Crippen LogP contribution in [0, 0.1) is 24.6 Å². The van der Waals surface area contributed by atoms with Crippen molar-refractivity contribution in [3.8, 4) is 11.4 Å². The molecule has 1 saturated carbocycles. The molecule has 2 unspecified atom stereocenters. The first kappa shape index (κ1) is 14.0. The zero-order valence-electron chi connectivity index (χ0n) is 12.4. The Labute approximate surface area is 123 Å². The lowest BCUT2D eigenvalue weighted by molar-refractivity contribution is 0.346. The summed E-state index contributed by atoms with van der Waals surface area (Å²) in [5.74, 6) is 1.52. The van der Waals surface area contributed by atoms with Crippen molar-refractivity contribution >= 4 is 5.69 Å². The summed E-state index contributed by atoms with van der Waals surface area (Å²) in [6, 6.07) is 3.19. The summed E-state index contributed by atoms with van der Waals surface area (Å²) in [7, 11) is 0. The lowest BCUT2D eigenvalue weighted by Gasteiger charge is -2.15. The average molecular weight is 289 g/mol. The van der Waals surface area contributed by atoms with Crippen molar-refractivity contribution in [2.45, 2.75) is 39.7 Å². The third-order valence-corrected chi connectivity index (χ3v) is 4.62. The van der Waals surface area contributed by atoms with Gasteiger partial charge in [0.15, 0.2) is 5.82 Å². The van der Waals surface area contributed by atoms with Crippen LogP contribution in [0.2, 0.25) is 0 Å². The summed E-state index contributed by atoms with van der Waals surface area (Å²) in [5, 5.41) is 11.9. The van der Waals surface area contributed by atoms with Gasteiger partial charge < -0.3 is 5.73 Å². The van der Waals surface area contributed by atoms with Gasteiger partial charge in [-0.2, -0.15) is 0 Å². The number of benzene rings is 1. The van der Waals surface area contributed by atoms with Crippen molar-refractivity contribution in [1.82, 2.24) is 20.2 Å². The predicted molar refractivity (Wildman–Crippen MR) is 78.9 cm³/mol. The van der Waals surface area contributed by atoms with E-state index in [9.17, 15) is 4.39 Å². The van der Waals surface area contributed by atoms with Gasteiger partial charge in [0, 0.05) is 23.4 Å². The van der Waals surface area contributed by atoms with Crippen LogP contribution in [0.25, 0.3) is 11.4 Å². The van der Waals surface area contributed by atoms with E-state index in [1.165, 1.54) is 25.3 Å². The van der Waals surface area contributed by atoms with E-state index < -0.39 is 0 Å². The van der Waals surface area contributed by atoms with Gasteiger partial charge in [-0.1, -0.05) is 19.8 Å². The molecule has 112 valence electrons. The van der Waals surface area contributed by atoms with Crippen molar-refractivity contribution in [3.05, 3.63) is 23.5 Å². The quantitative estimate of drug-likeness (QED) is 0.882. The Hall–Kier alpha value is -1.98. The van der Waals surface area contributed by atoms with Crippen molar-refractivity contribution in [2.75, 3.05) is 5.73 Å². The zero-order chi connectivity index (χ0) is 15.0. The average Bonchev–Trinajstić information content (AvgIpc) is 3.06. The molecular formula is C15H20FN5.